The van der Waals surface area contributed by atoms with Gasteiger partial charge in [0.2, 0.25) is 11.7 Å². The zero-order chi connectivity index (χ0) is 21.6. The van der Waals surface area contributed by atoms with Gasteiger partial charge in [0, 0.05) is 30.6 Å². The number of aryl methyl sites for hydroxylation is 1. The lowest BCUT2D eigenvalue weighted by atomic mass is 9.90. The Morgan fingerprint density at radius 1 is 1.33 bits per heavy atom. The van der Waals surface area contributed by atoms with E-state index < -0.39 is 5.54 Å². The van der Waals surface area contributed by atoms with Crippen molar-refractivity contribution in [2.75, 3.05) is 7.05 Å². The summed E-state index contributed by atoms with van der Waals surface area (Å²) >= 11 is 0. The monoisotopic (exact) mass is 408 g/mol. The molecule has 1 aromatic carbocycles. The number of hydrogen-bond donors (Lipinski definition) is 1. The number of nitrogens with two attached hydrogens (primary N) is 1. The Balaban J connectivity index is 1.63. The first-order chi connectivity index (χ1) is 14.2. The van der Waals surface area contributed by atoms with Crippen LogP contribution in [0.2, 0.25) is 0 Å². The third kappa shape index (κ3) is 3.34. The molecule has 0 fully saturated rings. The van der Waals surface area contributed by atoms with E-state index in [1.54, 1.807) is 39.2 Å². The number of aromatic nitrogens is 1. The first-order valence-electron chi connectivity index (χ1n) is 9.47. The molecule has 3 heterocycles. The number of rotatable bonds is 4. The Morgan fingerprint density at radius 3 is 2.83 bits per heavy atom. The number of halogens is 1. The van der Waals surface area contributed by atoms with Gasteiger partial charge >= 0.3 is 0 Å². The molecule has 154 valence electrons. The van der Waals surface area contributed by atoms with Gasteiger partial charge in [-0.2, -0.15) is 0 Å². The molecule has 2 N–H and O–H groups in total. The van der Waals surface area contributed by atoms with E-state index in [1.807, 2.05) is 0 Å². The van der Waals surface area contributed by atoms with Crippen molar-refractivity contribution < 1.29 is 18.4 Å². The van der Waals surface area contributed by atoms with Crippen LogP contribution in [0.25, 0.3) is 11.0 Å². The van der Waals surface area contributed by atoms with Crippen molar-refractivity contribution in [3.63, 3.8) is 0 Å². The number of amides is 1. The van der Waals surface area contributed by atoms with Gasteiger partial charge in [0.05, 0.1) is 12.1 Å². The second kappa shape index (κ2) is 7.05. The summed E-state index contributed by atoms with van der Waals surface area (Å²) in [7, 11) is 1.57. The van der Waals surface area contributed by atoms with Gasteiger partial charge in [-0.15, -0.1) is 0 Å². The van der Waals surface area contributed by atoms with Crippen molar-refractivity contribution in [3.05, 3.63) is 64.9 Å². The molecule has 1 aliphatic heterocycles. The van der Waals surface area contributed by atoms with Crippen LogP contribution in [0.1, 0.15) is 40.7 Å². The van der Waals surface area contributed by atoms with E-state index in [1.165, 1.54) is 23.1 Å². The first kappa shape index (κ1) is 19.8. The number of hydrogen-bond acceptors (Lipinski definition) is 6. The van der Waals surface area contributed by atoms with Crippen LogP contribution >= 0.6 is 0 Å². The minimum absolute atomic E-state index is 0.0712. The Bertz CT molecular complexity index is 1220. The van der Waals surface area contributed by atoms with Crippen LogP contribution in [0.3, 0.4) is 0 Å². The van der Waals surface area contributed by atoms with E-state index in [2.05, 4.69) is 9.98 Å². The molecule has 1 unspecified atom stereocenters. The Labute approximate surface area is 172 Å². The summed E-state index contributed by atoms with van der Waals surface area (Å²) in [5.74, 6) is -0.434. The number of aliphatic imine (C=N–C) groups is 1. The van der Waals surface area contributed by atoms with Crippen molar-refractivity contribution in [1.29, 1.82) is 0 Å². The van der Waals surface area contributed by atoms with Gasteiger partial charge in [0.25, 0.3) is 0 Å². The molecular weight excluding hydrogens is 387 g/mol. The SMILES string of the molecule is Cc1c(C(=O)Cc2ccnc(C3(C)CC(=O)N(C)C(N)=N3)c2)oc2ccc(F)cc12. The fourth-order valence-corrected chi connectivity index (χ4v) is 3.66. The highest BCUT2D eigenvalue weighted by atomic mass is 19.1. The second-order valence-electron chi connectivity index (χ2n) is 7.72. The molecule has 0 radical (unpaired) electrons. The van der Waals surface area contributed by atoms with Crippen molar-refractivity contribution in [2.24, 2.45) is 10.7 Å². The van der Waals surface area contributed by atoms with Gasteiger partial charge < -0.3 is 10.2 Å². The zero-order valence-electron chi connectivity index (χ0n) is 16.9. The highest BCUT2D eigenvalue weighted by molar-refractivity contribution is 6.01. The lowest BCUT2D eigenvalue weighted by Crippen LogP contribution is -2.47. The van der Waals surface area contributed by atoms with Crippen LogP contribution in [0.4, 0.5) is 4.39 Å². The maximum atomic E-state index is 13.5. The number of carbonyl (C=O) groups excluding carboxylic acids is 2. The molecule has 0 saturated heterocycles. The van der Waals surface area contributed by atoms with Crippen molar-refractivity contribution in [2.45, 2.75) is 32.2 Å². The summed E-state index contributed by atoms with van der Waals surface area (Å²) in [5.41, 5.74) is 7.31. The lowest BCUT2D eigenvalue weighted by molar-refractivity contribution is -0.128. The van der Waals surface area contributed by atoms with E-state index in [-0.39, 0.29) is 42.1 Å². The molecule has 8 heteroatoms. The van der Waals surface area contributed by atoms with Gasteiger partial charge in [0.1, 0.15) is 16.9 Å². The van der Waals surface area contributed by atoms with E-state index in [4.69, 9.17) is 10.2 Å². The lowest BCUT2D eigenvalue weighted by Gasteiger charge is -2.32. The van der Waals surface area contributed by atoms with Gasteiger partial charge in [-0.25, -0.2) is 9.38 Å². The third-order valence-corrected chi connectivity index (χ3v) is 5.47. The molecule has 3 aromatic rings. The molecule has 0 bridgehead atoms. The molecule has 0 saturated carbocycles. The molecule has 1 atom stereocenters. The maximum Gasteiger partial charge on any atom is 0.231 e. The maximum absolute atomic E-state index is 13.5. The van der Waals surface area contributed by atoms with Crippen LogP contribution in [0, 0.1) is 12.7 Å². The zero-order valence-corrected chi connectivity index (χ0v) is 16.9. The number of ketones is 1. The minimum Gasteiger partial charge on any atom is -0.453 e. The third-order valence-electron chi connectivity index (χ3n) is 5.47. The summed E-state index contributed by atoms with van der Waals surface area (Å²) in [5, 5.41) is 0.580. The smallest absolute Gasteiger partial charge is 0.231 e. The summed E-state index contributed by atoms with van der Waals surface area (Å²) < 4.78 is 19.2. The van der Waals surface area contributed by atoms with Crippen molar-refractivity contribution in [1.82, 2.24) is 9.88 Å². The number of carbonyl (C=O) groups is 2. The molecule has 2 aromatic heterocycles. The number of pyridine rings is 1. The molecule has 0 aliphatic carbocycles. The van der Waals surface area contributed by atoms with Crippen molar-refractivity contribution in [3.8, 4) is 0 Å². The molecule has 1 aliphatic rings. The van der Waals surface area contributed by atoms with Crippen LogP contribution in [0.5, 0.6) is 0 Å². The summed E-state index contributed by atoms with van der Waals surface area (Å²) in [6, 6.07) is 7.65. The number of fused-ring (bicyclic) bond motifs is 1. The molecule has 4 rings (SSSR count). The Kier molecular flexibility index (Phi) is 4.64. The average Bonchev–Trinajstić information content (AvgIpc) is 3.02. The molecule has 30 heavy (non-hydrogen) atoms. The normalized spacial score (nSPS) is 19.3. The van der Waals surface area contributed by atoms with Gasteiger partial charge in [-0.1, -0.05) is 0 Å². The molecular formula is C22H21FN4O3. The molecule has 1 amide bonds. The van der Waals surface area contributed by atoms with E-state index >= 15 is 0 Å². The molecule has 0 spiro atoms. The topological polar surface area (TPSA) is 102 Å². The van der Waals surface area contributed by atoms with Crippen LogP contribution in [-0.4, -0.2) is 34.6 Å². The standard InChI is InChI=1S/C22H21FN4O3/c1-12-15-10-14(23)4-5-17(15)30-20(12)16(28)8-13-6-7-25-18(9-13)22(2)11-19(29)27(3)21(24)26-22/h4-7,9-10H,8,11H2,1-3H3,(H2,24,26). The number of furan rings is 1. The van der Waals surface area contributed by atoms with Crippen molar-refractivity contribution >= 4 is 28.6 Å². The first-order valence-corrected chi connectivity index (χ1v) is 9.47. The second-order valence-corrected chi connectivity index (χ2v) is 7.72. The van der Waals surface area contributed by atoms with Crippen LogP contribution in [-0.2, 0) is 16.8 Å². The predicted molar refractivity (Wildman–Crippen MR) is 110 cm³/mol. The van der Waals surface area contributed by atoms with E-state index in [0.29, 0.717) is 27.8 Å². The highest BCUT2D eigenvalue weighted by Crippen LogP contribution is 2.32. The number of Topliss-reactive ketones (excluding diaryl/α,β-unsaturated/α-hetero) is 1. The highest BCUT2D eigenvalue weighted by Gasteiger charge is 2.37. The summed E-state index contributed by atoms with van der Waals surface area (Å²) in [6.45, 7) is 3.52. The summed E-state index contributed by atoms with van der Waals surface area (Å²) in [6.07, 6.45) is 1.78. The number of guanidine groups is 1. The molecule has 7 nitrogen and oxygen atoms in total. The fourth-order valence-electron chi connectivity index (χ4n) is 3.66. The van der Waals surface area contributed by atoms with Crippen LogP contribution in [0.15, 0.2) is 45.9 Å². The predicted octanol–water partition coefficient (Wildman–Crippen LogP) is 3.09. The number of nitrogens with zero attached hydrogens (tertiary/aromatic N) is 3. The minimum atomic E-state index is -0.903. The number of benzene rings is 1. The largest absolute Gasteiger partial charge is 0.453 e. The van der Waals surface area contributed by atoms with E-state index in [0.717, 1.165) is 0 Å². The summed E-state index contributed by atoms with van der Waals surface area (Å²) in [4.78, 5) is 35.2. The Hall–Kier alpha value is -3.55. The van der Waals surface area contributed by atoms with Gasteiger partial charge in [0.15, 0.2) is 11.7 Å². The van der Waals surface area contributed by atoms with Crippen LogP contribution < -0.4 is 5.73 Å². The Morgan fingerprint density at radius 2 is 2.10 bits per heavy atom. The average molecular weight is 408 g/mol. The quantitative estimate of drug-likeness (QED) is 0.669. The van der Waals surface area contributed by atoms with Gasteiger partial charge in [-0.05, 0) is 49.7 Å². The fraction of sp³-hybridized carbons (Fsp3) is 0.273. The van der Waals surface area contributed by atoms with Gasteiger partial charge in [-0.3, -0.25) is 19.5 Å². The van der Waals surface area contributed by atoms with E-state index in [9.17, 15) is 14.0 Å².